The third kappa shape index (κ3) is 9.44. The summed E-state index contributed by atoms with van der Waals surface area (Å²) in [6, 6.07) is 4.92. The number of halogens is 7. The van der Waals surface area contributed by atoms with Crippen LogP contribution in [0.25, 0.3) is 0 Å². The third-order valence-electron chi connectivity index (χ3n) is 7.76. The molecule has 3 fully saturated rings. The first-order chi connectivity index (χ1) is 20.9. The summed E-state index contributed by atoms with van der Waals surface area (Å²) in [7, 11) is 0. The number of ether oxygens (including phenoxy) is 1. The highest BCUT2D eigenvalue weighted by Gasteiger charge is 2.46. The van der Waals surface area contributed by atoms with Gasteiger partial charge in [-0.3, -0.25) is 14.5 Å². The van der Waals surface area contributed by atoms with Gasteiger partial charge in [0.1, 0.15) is 23.8 Å². The second kappa shape index (κ2) is 16.1. The van der Waals surface area contributed by atoms with Crippen molar-refractivity contribution in [1.29, 1.82) is 0 Å². The molecule has 2 saturated heterocycles. The summed E-state index contributed by atoms with van der Waals surface area (Å²) >= 11 is 11.9. The molecule has 44 heavy (non-hydrogen) atoms. The van der Waals surface area contributed by atoms with E-state index in [2.05, 4.69) is 0 Å². The molecule has 5 rings (SSSR count). The number of nitrogens with zero attached hydrogens (tertiary/aromatic N) is 2. The summed E-state index contributed by atoms with van der Waals surface area (Å²) in [4.78, 5) is 23.9. The van der Waals surface area contributed by atoms with Crippen molar-refractivity contribution < 1.29 is 41.4 Å². The Labute approximate surface area is 264 Å². The molecule has 2 unspecified atom stereocenters. The first kappa shape index (κ1) is 35.8. The molecule has 1 aliphatic carbocycles. The van der Waals surface area contributed by atoms with Crippen molar-refractivity contribution in [3.63, 3.8) is 0 Å². The normalized spacial score (nSPS) is 19.8. The van der Waals surface area contributed by atoms with Gasteiger partial charge in [0.05, 0.1) is 18.7 Å². The van der Waals surface area contributed by atoms with E-state index in [0.29, 0.717) is 18.6 Å². The summed E-state index contributed by atoms with van der Waals surface area (Å²) < 4.78 is 76.8. The van der Waals surface area contributed by atoms with Gasteiger partial charge >= 0.3 is 6.18 Å². The van der Waals surface area contributed by atoms with Crippen LogP contribution in [0, 0.1) is 11.7 Å². The summed E-state index contributed by atoms with van der Waals surface area (Å²) in [5, 5.41) is 7.18. The second-order valence-corrected chi connectivity index (χ2v) is 11.7. The Morgan fingerprint density at radius 1 is 1.02 bits per heavy atom. The van der Waals surface area contributed by atoms with Crippen molar-refractivity contribution in [2.75, 3.05) is 32.8 Å². The van der Waals surface area contributed by atoms with Gasteiger partial charge in [-0.1, -0.05) is 37.0 Å². The lowest BCUT2D eigenvalue weighted by Crippen LogP contribution is -2.43. The summed E-state index contributed by atoms with van der Waals surface area (Å²) in [6.07, 6.45) is -2.61. The molecule has 2 aromatic rings. The second-order valence-electron chi connectivity index (χ2n) is 10.8. The number of hydrogen-bond donors (Lipinski definition) is 1. The monoisotopic (exact) mass is 666 g/mol. The first-order valence-electron chi connectivity index (χ1n) is 14.7. The molecule has 0 radical (unpaired) electrons. The molecule has 13 heteroatoms. The lowest BCUT2D eigenvalue weighted by atomic mass is 9.94. The molecule has 0 aromatic heterocycles. The number of hydrogen-bond acceptors (Lipinski definition) is 4. The quantitative estimate of drug-likeness (QED) is 0.238. The van der Waals surface area contributed by atoms with Crippen LogP contribution in [0.5, 0.6) is 5.75 Å². The number of benzene rings is 2. The largest absolute Gasteiger partial charge is 0.493 e. The number of carbonyl (C=O) groups is 2. The van der Waals surface area contributed by atoms with Crippen LogP contribution in [0.15, 0.2) is 30.3 Å². The van der Waals surface area contributed by atoms with E-state index < -0.39 is 30.1 Å². The minimum absolute atomic E-state index is 0.00449. The molecular formula is C31H37Cl2F5N2O4. The number of amides is 1. The summed E-state index contributed by atoms with van der Waals surface area (Å²) in [5.74, 6) is -0.724. The van der Waals surface area contributed by atoms with E-state index in [-0.39, 0.29) is 78.7 Å². The number of carbonyl (C=O) groups excluding carboxylic acids is 1. The van der Waals surface area contributed by atoms with Gasteiger partial charge in [-0.25, -0.2) is 8.78 Å². The minimum atomic E-state index is -4.51. The first-order valence-corrected chi connectivity index (χ1v) is 15.4. The smallest absolute Gasteiger partial charge is 0.408 e. The molecule has 1 amide bonds. The van der Waals surface area contributed by atoms with Crippen LogP contribution in [0.3, 0.4) is 0 Å². The Bertz CT molecular complexity index is 1250. The number of carboxylic acid groups (broad SMARTS) is 1. The lowest BCUT2D eigenvalue weighted by Gasteiger charge is -2.38. The predicted molar refractivity (Wildman–Crippen MR) is 159 cm³/mol. The van der Waals surface area contributed by atoms with Crippen LogP contribution in [-0.2, 0) is 4.79 Å². The van der Waals surface area contributed by atoms with E-state index in [9.17, 15) is 26.7 Å². The molecule has 1 N–H and O–H groups in total. The molecule has 2 atom stereocenters. The van der Waals surface area contributed by atoms with Gasteiger partial charge in [0.15, 0.2) is 0 Å². The highest BCUT2D eigenvalue weighted by Crippen LogP contribution is 2.46. The third-order valence-corrected chi connectivity index (χ3v) is 8.20. The van der Waals surface area contributed by atoms with Gasteiger partial charge in [-0.15, -0.1) is 0 Å². The van der Waals surface area contributed by atoms with Gasteiger partial charge < -0.3 is 14.7 Å². The highest BCUT2D eigenvalue weighted by atomic mass is 35.5. The van der Waals surface area contributed by atoms with Crippen molar-refractivity contribution in [3.8, 4) is 5.75 Å². The molecule has 3 aliphatic rings. The molecule has 6 nitrogen and oxygen atoms in total. The van der Waals surface area contributed by atoms with Crippen molar-refractivity contribution in [2.24, 2.45) is 5.92 Å². The topological polar surface area (TPSA) is 70.1 Å². The number of likely N-dealkylation sites (tertiary alicyclic amines) is 2. The fourth-order valence-corrected chi connectivity index (χ4v) is 6.11. The Hall–Kier alpha value is -2.63. The number of alkyl halides is 4. The maximum Gasteiger partial charge on any atom is 0.408 e. The lowest BCUT2D eigenvalue weighted by molar-refractivity contribution is -0.190. The zero-order valence-electron chi connectivity index (χ0n) is 24.6. The summed E-state index contributed by atoms with van der Waals surface area (Å²) in [6.45, 7) is 4.61. The molecule has 2 aliphatic heterocycles. The average molecular weight is 668 g/mol. The minimum Gasteiger partial charge on any atom is -0.493 e. The Kier molecular flexibility index (Phi) is 13.1. The Balaban J connectivity index is 0.000000997. The Morgan fingerprint density at radius 2 is 1.61 bits per heavy atom. The van der Waals surface area contributed by atoms with Crippen molar-refractivity contribution in [2.45, 2.75) is 70.3 Å². The Morgan fingerprint density at radius 3 is 2.11 bits per heavy atom. The predicted octanol–water partition coefficient (Wildman–Crippen LogP) is 8.32. The zero-order chi connectivity index (χ0) is 32.6. The van der Waals surface area contributed by atoms with Crippen LogP contribution in [0.2, 0.25) is 10.0 Å². The molecule has 0 bridgehead atoms. The molecule has 0 spiro atoms. The van der Waals surface area contributed by atoms with Crippen LogP contribution in [-0.4, -0.2) is 72.4 Å². The van der Waals surface area contributed by atoms with E-state index >= 15 is 0 Å². The van der Waals surface area contributed by atoms with Gasteiger partial charge in [0.2, 0.25) is 0 Å². The van der Waals surface area contributed by atoms with E-state index in [1.54, 1.807) is 0 Å². The molecule has 1 saturated carbocycles. The molecule has 2 heterocycles. The number of rotatable bonds is 7. The fraction of sp³-hybridized carbons (Fsp3) is 0.548. The van der Waals surface area contributed by atoms with Gasteiger partial charge in [0, 0.05) is 22.7 Å². The van der Waals surface area contributed by atoms with Crippen LogP contribution in [0.1, 0.15) is 79.4 Å². The van der Waals surface area contributed by atoms with E-state index in [1.807, 2.05) is 13.8 Å². The maximum absolute atomic E-state index is 15.0. The van der Waals surface area contributed by atoms with Gasteiger partial charge in [-0.2, -0.15) is 13.2 Å². The average Bonchev–Trinajstić information content (AvgIpc) is 3.72. The summed E-state index contributed by atoms with van der Waals surface area (Å²) in [5.41, 5.74) is 0.680. The SMILES string of the molecule is CC.O=C(c1cc(C2CC2)c(OCC2CCN(C(c3cc(Cl)cc(Cl)c3)C(F)(F)F)CC2)cc1F)N1CCC(F)C1.O=CO. The van der Waals surface area contributed by atoms with Crippen LogP contribution in [0.4, 0.5) is 22.0 Å². The maximum atomic E-state index is 15.0. The van der Waals surface area contributed by atoms with E-state index in [4.69, 9.17) is 37.8 Å². The standard InChI is InChI=1S/C28H29Cl2F5N2O2.C2H6.CH2O2/c29-19-9-18(10-20(30)11-19)26(28(33,34)35)36-6-3-16(4-7-36)15-39-25-13-24(32)23(12-22(25)17-1-2-17)27(38)37-8-5-21(31)14-37;1-2;2-1-3/h9-13,16-17,21,26H,1-8,14-15H2;1-2H3;1H,(H,2,3). The van der Waals surface area contributed by atoms with Gasteiger partial charge in [-0.05, 0) is 92.4 Å². The van der Waals surface area contributed by atoms with Crippen LogP contribution >= 0.6 is 23.2 Å². The zero-order valence-corrected chi connectivity index (χ0v) is 26.1. The number of piperidine rings is 1. The fourth-order valence-electron chi connectivity index (χ4n) is 5.57. The molecule has 2 aromatic carbocycles. The van der Waals surface area contributed by atoms with Crippen molar-refractivity contribution in [1.82, 2.24) is 9.80 Å². The van der Waals surface area contributed by atoms with E-state index in [1.165, 1.54) is 40.1 Å². The van der Waals surface area contributed by atoms with Crippen molar-refractivity contribution in [3.05, 3.63) is 62.9 Å². The molecular weight excluding hydrogens is 630 g/mol. The molecule has 244 valence electrons. The highest BCUT2D eigenvalue weighted by molar-refractivity contribution is 6.34. The van der Waals surface area contributed by atoms with Crippen molar-refractivity contribution >= 4 is 35.6 Å². The van der Waals surface area contributed by atoms with Crippen LogP contribution < -0.4 is 4.74 Å². The van der Waals surface area contributed by atoms with E-state index in [0.717, 1.165) is 18.4 Å². The van der Waals surface area contributed by atoms with Gasteiger partial charge in [0.25, 0.3) is 12.4 Å².